The summed E-state index contributed by atoms with van der Waals surface area (Å²) in [6, 6.07) is 16.6. The number of anilines is 1. The zero-order valence-corrected chi connectivity index (χ0v) is 12.2. The van der Waals surface area contributed by atoms with E-state index in [0.29, 0.717) is 0 Å². The average molecular weight is 285 g/mol. The highest BCUT2D eigenvalue weighted by Crippen LogP contribution is 2.20. The fraction of sp³-hybridized carbons (Fsp3) is 0.176. The van der Waals surface area contributed by atoms with Gasteiger partial charge in [0.1, 0.15) is 0 Å². The summed E-state index contributed by atoms with van der Waals surface area (Å²) in [6.07, 6.45) is 2.11. The van der Waals surface area contributed by atoms with Gasteiger partial charge in [-0.15, -0.1) is 0 Å². The monoisotopic (exact) mass is 284 g/mol. The van der Waals surface area contributed by atoms with Gasteiger partial charge in [-0.3, -0.25) is 0 Å². The summed E-state index contributed by atoms with van der Waals surface area (Å²) in [5.41, 5.74) is 3.62. The second-order valence-electron chi connectivity index (χ2n) is 5.01. The van der Waals surface area contributed by atoms with Crippen LogP contribution in [0, 0.1) is 6.92 Å². The van der Waals surface area contributed by atoms with Crippen LogP contribution in [-0.4, -0.2) is 11.1 Å². The van der Waals surface area contributed by atoms with E-state index in [-0.39, 0.29) is 0 Å². The molecular weight excluding hydrogens is 268 g/mol. The fourth-order valence-corrected chi connectivity index (χ4v) is 2.59. The molecule has 2 nitrogen and oxygen atoms in total. The lowest BCUT2D eigenvalue weighted by molar-refractivity contribution is 0.757. The minimum absolute atomic E-state index is 0.782. The number of nitrogens with zero attached hydrogens (tertiary/aromatic N) is 1. The van der Waals surface area contributed by atoms with Gasteiger partial charge in [-0.25, -0.2) is 0 Å². The Balaban J connectivity index is 1.69. The molecule has 102 valence electrons. The SMILES string of the molecule is Cc1cccc(NCCn2ccc3ccc(Cl)cc32)c1. The third-order valence-electron chi connectivity index (χ3n) is 3.44. The van der Waals surface area contributed by atoms with Crippen LogP contribution in [-0.2, 0) is 6.54 Å². The molecule has 3 heteroatoms. The summed E-state index contributed by atoms with van der Waals surface area (Å²) >= 11 is 6.07. The maximum Gasteiger partial charge on any atom is 0.0495 e. The number of fused-ring (bicyclic) bond motifs is 1. The van der Waals surface area contributed by atoms with Crippen molar-refractivity contribution in [2.45, 2.75) is 13.5 Å². The van der Waals surface area contributed by atoms with Crippen molar-refractivity contribution in [3.05, 3.63) is 65.3 Å². The molecule has 0 saturated carbocycles. The number of benzene rings is 2. The molecule has 1 N–H and O–H groups in total. The highest BCUT2D eigenvalue weighted by molar-refractivity contribution is 6.31. The van der Waals surface area contributed by atoms with Gasteiger partial charge >= 0.3 is 0 Å². The quantitative estimate of drug-likeness (QED) is 0.734. The number of nitrogens with one attached hydrogen (secondary N) is 1. The topological polar surface area (TPSA) is 17.0 Å². The van der Waals surface area contributed by atoms with Crippen LogP contribution in [0.2, 0.25) is 5.02 Å². The van der Waals surface area contributed by atoms with E-state index in [2.05, 4.69) is 59.4 Å². The Kier molecular flexibility index (Phi) is 3.66. The molecule has 1 aromatic heterocycles. The first kappa shape index (κ1) is 13.1. The lowest BCUT2D eigenvalue weighted by atomic mass is 10.2. The maximum absolute atomic E-state index is 6.07. The number of aromatic nitrogens is 1. The Morgan fingerprint density at radius 3 is 2.85 bits per heavy atom. The zero-order valence-electron chi connectivity index (χ0n) is 11.4. The third kappa shape index (κ3) is 2.81. The van der Waals surface area contributed by atoms with Gasteiger partial charge < -0.3 is 9.88 Å². The Bertz CT molecular complexity index is 731. The molecule has 3 rings (SSSR count). The highest BCUT2D eigenvalue weighted by Gasteiger charge is 2.01. The Morgan fingerprint density at radius 2 is 2.00 bits per heavy atom. The maximum atomic E-state index is 6.07. The summed E-state index contributed by atoms with van der Waals surface area (Å²) in [4.78, 5) is 0. The van der Waals surface area contributed by atoms with Crippen molar-refractivity contribution in [1.29, 1.82) is 0 Å². The van der Waals surface area contributed by atoms with Crippen molar-refractivity contribution in [3.8, 4) is 0 Å². The van der Waals surface area contributed by atoms with E-state index in [1.165, 1.54) is 22.2 Å². The lowest BCUT2D eigenvalue weighted by Gasteiger charge is -2.09. The van der Waals surface area contributed by atoms with E-state index in [9.17, 15) is 0 Å². The summed E-state index contributed by atoms with van der Waals surface area (Å²) in [6.45, 7) is 3.91. The second kappa shape index (κ2) is 5.59. The number of aryl methyl sites for hydroxylation is 1. The van der Waals surface area contributed by atoms with Crippen LogP contribution in [0.1, 0.15) is 5.56 Å². The molecule has 0 saturated heterocycles. The summed E-state index contributed by atoms with van der Waals surface area (Å²) < 4.78 is 2.23. The average Bonchev–Trinajstić information content (AvgIpc) is 2.82. The van der Waals surface area contributed by atoms with Crippen molar-refractivity contribution in [2.24, 2.45) is 0 Å². The lowest BCUT2D eigenvalue weighted by Crippen LogP contribution is -2.09. The van der Waals surface area contributed by atoms with Crippen molar-refractivity contribution in [2.75, 3.05) is 11.9 Å². The Morgan fingerprint density at radius 1 is 1.10 bits per heavy atom. The van der Waals surface area contributed by atoms with Gasteiger partial charge in [0, 0.05) is 35.5 Å². The molecule has 2 aromatic carbocycles. The molecule has 0 aliphatic rings. The number of halogens is 1. The predicted molar refractivity (Wildman–Crippen MR) is 86.6 cm³/mol. The third-order valence-corrected chi connectivity index (χ3v) is 3.67. The molecule has 0 aliphatic heterocycles. The molecular formula is C17H17ClN2. The number of hydrogen-bond donors (Lipinski definition) is 1. The molecule has 0 spiro atoms. The van der Waals surface area contributed by atoms with Gasteiger partial charge in [0.15, 0.2) is 0 Å². The van der Waals surface area contributed by atoms with Gasteiger partial charge in [0.25, 0.3) is 0 Å². The molecule has 20 heavy (non-hydrogen) atoms. The van der Waals surface area contributed by atoms with Crippen molar-refractivity contribution < 1.29 is 0 Å². The standard InChI is InChI=1S/C17H17ClN2/c1-13-3-2-4-16(11-13)19-8-10-20-9-7-14-5-6-15(18)12-17(14)20/h2-7,9,11-12,19H,8,10H2,1H3. The molecule has 0 aliphatic carbocycles. The summed E-state index contributed by atoms with van der Waals surface area (Å²) in [5, 5.41) is 5.46. The molecule has 0 fully saturated rings. The molecule has 0 unspecified atom stereocenters. The normalized spacial score (nSPS) is 10.9. The smallest absolute Gasteiger partial charge is 0.0495 e. The molecule has 1 heterocycles. The summed E-state index contributed by atoms with van der Waals surface area (Å²) in [5.74, 6) is 0. The van der Waals surface area contributed by atoms with Crippen molar-refractivity contribution in [3.63, 3.8) is 0 Å². The molecule has 0 bridgehead atoms. The molecule has 0 amide bonds. The zero-order chi connectivity index (χ0) is 13.9. The van der Waals surface area contributed by atoms with Gasteiger partial charge in [-0.05, 0) is 48.2 Å². The van der Waals surface area contributed by atoms with Gasteiger partial charge in [-0.2, -0.15) is 0 Å². The molecule has 3 aromatic rings. The highest BCUT2D eigenvalue weighted by atomic mass is 35.5. The van der Waals surface area contributed by atoms with Crippen LogP contribution in [0.15, 0.2) is 54.7 Å². The Hall–Kier alpha value is -1.93. The van der Waals surface area contributed by atoms with E-state index in [1.54, 1.807) is 0 Å². The van der Waals surface area contributed by atoms with Crippen LogP contribution in [0.4, 0.5) is 5.69 Å². The Labute approximate surface area is 124 Å². The molecule has 0 atom stereocenters. The number of hydrogen-bond acceptors (Lipinski definition) is 1. The van der Waals surface area contributed by atoms with Crippen LogP contribution >= 0.6 is 11.6 Å². The predicted octanol–water partition coefficient (Wildman–Crippen LogP) is 4.72. The van der Waals surface area contributed by atoms with Crippen molar-refractivity contribution in [1.82, 2.24) is 4.57 Å². The first-order valence-corrected chi connectivity index (χ1v) is 7.15. The van der Waals surface area contributed by atoms with E-state index in [1.807, 2.05) is 12.1 Å². The van der Waals surface area contributed by atoms with Crippen LogP contribution in [0.25, 0.3) is 10.9 Å². The number of rotatable bonds is 4. The van der Waals surface area contributed by atoms with Crippen molar-refractivity contribution >= 4 is 28.2 Å². The first-order chi connectivity index (χ1) is 9.72. The minimum atomic E-state index is 0.782. The second-order valence-corrected chi connectivity index (χ2v) is 5.44. The molecule has 0 radical (unpaired) electrons. The van der Waals surface area contributed by atoms with Crippen LogP contribution in [0.3, 0.4) is 0 Å². The van der Waals surface area contributed by atoms with Crippen LogP contribution in [0.5, 0.6) is 0 Å². The van der Waals surface area contributed by atoms with Gasteiger partial charge in [-0.1, -0.05) is 29.8 Å². The van der Waals surface area contributed by atoms with Gasteiger partial charge in [0.05, 0.1) is 0 Å². The van der Waals surface area contributed by atoms with Gasteiger partial charge in [0.2, 0.25) is 0 Å². The largest absolute Gasteiger partial charge is 0.383 e. The van der Waals surface area contributed by atoms with E-state index >= 15 is 0 Å². The minimum Gasteiger partial charge on any atom is -0.383 e. The summed E-state index contributed by atoms with van der Waals surface area (Å²) in [7, 11) is 0. The van der Waals surface area contributed by atoms with E-state index < -0.39 is 0 Å². The fourth-order valence-electron chi connectivity index (χ4n) is 2.43. The first-order valence-electron chi connectivity index (χ1n) is 6.77. The van der Waals surface area contributed by atoms with E-state index in [0.717, 1.165) is 18.1 Å². The van der Waals surface area contributed by atoms with Crippen LogP contribution < -0.4 is 5.32 Å². The van der Waals surface area contributed by atoms with E-state index in [4.69, 9.17) is 11.6 Å².